The molecule has 0 bridgehead atoms. The largest absolute Gasteiger partial charge is 0.389 e. The summed E-state index contributed by atoms with van der Waals surface area (Å²) in [6.07, 6.45) is 8.59. The normalized spacial score (nSPS) is 28.7. The molecule has 1 fully saturated rings. The highest BCUT2D eigenvalue weighted by Gasteiger charge is 2.23. The molecule has 3 heteroatoms. The lowest BCUT2D eigenvalue weighted by atomic mass is 9.97. The Balaban J connectivity index is 2.25. The van der Waals surface area contributed by atoms with Gasteiger partial charge >= 0.3 is 0 Å². The molecule has 0 aliphatic heterocycles. The second-order valence-electron chi connectivity index (χ2n) is 6.10. The first-order chi connectivity index (χ1) is 8.57. The van der Waals surface area contributed by atoms with E-state index in [4.69, 9.17) is 4.74 Å². The SMILES string of the molecule is CCC1CCCC(NCC(C)(O)CCOC)CC1. The number of ether oxygens (including phenoxy) is 1. The van der Waals surface area contributed by atoms with Gasteiger partial charge in [0.05, 0.1) is 5.60 Å². The second kappa shape index (κ2) is 8.13. The maximum absolute atomic E-state index is 10.2. The van der Waals surface area contributed by atoms with Gasteiger partial charge < -0.3 is 15.2 Å². The van der Waals surface area contributed by atoms with Crippen LogP contribution in [-0.4, -0.2) is 37.0 Å². The number of aliphatic hydroxyl groups is 1. The van der Waals surface area contributed by atoms with Gasteiger partial charge in [0.1, 0.15) is 0 Å². The Morgan fingerprint density at radius 2 is 2.06 bits per heavy atom. The summed E-state index contributed by atoms with van der Waals surface area (Å²) in [5.74, 6) is 0.922. The van der Waals surface area contributed by atoms with Gasteiger partial charge in [-0.05, 0) is 32.1 Å². The van der Waals surface area contributed by atoms with Crippen molar-refractivity contribution in [1.82, 2.24) is 5.32 Å². The molecule has 1 saturated carbocycles. The van der Waals surface area contributed by atoms with Crippen LogP contribution in [0.2, 0.25) is 0 Å². The van der Waals surface area contributed by atoms with Gasteiger partial charge in [-0.1, -0.05) is 26.2 Å². The Hall–Kier alpha value is -0.120. The van der Waals surface area contributed by atoms with Crippen molar-refractivity contribution in [2.75, 3.05) is 20.3 Å². The first-order valence-corrected chi connectivity index (χ1v) is 7.52. The van der Waals surface area contributed by atoms with Crippen molar-refractivity contribution in [3.63, 3.8) is 0 Å². The standard InChI is InChI=1S/C15H31NO2/c1-4-13-6-5-7-14(9-8-13)16-12-15(2,17)10-11-18-3/h13-14,16-17H,4-12H2,1-3H3. The summed E-state index contributed by atoms with van der Waals surface area (Å²) in [6, 6.07) is 0.593. The molecule has 1 aliphatic rings. The quantitative estimate of drug-likeness (QED) is 0.689. The second-order valence-corrected chi connectivity index (χ2v) is 6.10. The predicted molar refractivity (Wildman–Crippen MR) is 75.8 cm³/mol. The minimum atomic E-state index is -0.646. The maximum Gasteiger partial charge on any atom is 0.0765 e. The van der Waals surface area contributed by atoms with Crippen LogP contribution < -0.4 is 5.32 Å². The monoisotopic (exact) mass is 257 g/mol. The lowest BCUT2D eigenvalue weighted by Gasteiger charge is -2.26. The Bertz CT molecular complexity index is 219. The summed E-state index contributed by atoms with van der Waals surface area (Å²) >= 11 is 0. The van der Waals surface area contributed by atoms with Crippen molar-refractivity contribution in [1.29, 1.82) is 0 Å². The topological polar surface area (TPSA) is 41.5 Å². The van der Waals surface area contributed by atoms with Crippen LogP contribution in [-0.2, 0) is 4.74 Å². The molecule has 0 aromatic carbocycles. The molecule has 0 saturated heterocycles. The molecule has 0 spiro atoms. The molecule has 0 heterocycles. The van der Waals surface area contributed by atoms with Crippen LogP contribution in [0.1, 0.15) is 58.8 Å². The number of methoxy groups -OCH3 is 1. The van der Waals surface area contributed by atoms with Crippen LogP contribution in [0.5, 0.6) is 0 Å². The van der Waals surface area contributed by atoms with Gasteiger partial charge in [0.15, 0.2) is 0 Å². The number of rotatable bonds is 7. The Labute approximate surface area is 112 Å². The van der Waals surface area contributed by atoms with Crippen LogP contribution in [0.4, 0.5) is 0 Å². The van der Waals surface area contributed by atoms with Gasteiger partial charge in [-0.15, -0.1) is 0 Å². The van der Waals surface area contributed by atoms with Crippen LogP contribution >= 0.6 is 0 Å². The van der Waals surface area contributed by atoms with Crippen molar-refractivity contribution in [3.05, 3.63) is 0 Å². The fraction of sp³-hybridized carbons (Fsp3) is 1.00. The maximum atomic E-state index is 10.2. The summed E-state index contributed by atoms with van der Waals surface area (Å²) in [4.78, 5) is 0. The Kier molecular flexibility index (Phi) is 7.20. The van der Waals surface area contributed by atoms with E-state index in [9.17, 15) is 5.11 Å². The summed E-state index contributed by atoms with van der Waals surface area (Å²) < 4.78 is 5.03. The molecule has 1 aliphatic carbocycles. The van der Waals surface area contributed by atoms with Gasteiger partial charge in [0, 0.05) is 32.7 Å². The zero-order valence-corrected chi connectivity index (χ0v) is 12.4. The molecule has 0 aromatic rings. The summed E-state index contributed by atoms with van der Waals surface area (Å²) in [5.41, 5.74) is -0.646. The average molecular weight is 257 g/mol. The van der Waals surface area contributed by atoms with Crippen LogP contribution in [0.3, 0.4) is 0 Å². The van der Waals surface area contributed by atoms with Crippen molar-refractivity contribution in [2.45, 2.75) is 70.4 Å². The minimum Gasteiger partial charge on any atom is -0.389 e. The molecule has 108 valence electrons. The summed E-state index contributed by atoms with van der Waals surface area (Å²) in [7, 11) is 1.68. The first-order valence-electron chi connectivity index (χ1n) is 7.52. The first kappa shape index (κ1) is 15.9. The van der Waals surface area contributed by atoms with Crippen molar-refractivity contribution in [3.8, 4) is 0 Å². The lowest BCUT2D eigenvalue weighted by molar-refractivity contribution is 0.0223. The van der Waals surface area contributed by atoms with E-state index in [0.29, 0.717) is 25.6 Å². The van der Waals surface area contributed by atoms with Gasteiger partial charge in [-0.3, -0.25) is 0 Å². The van der Waals surface area contributed by atoms with Crippen LogP contribution in [0.15, 0.2) is 0 Å². The molecule has 2 N–H and O–H groups in total. The molecule has 18 heavy (non-hydrogen) atoms. The molecular weight excluding hydrogens is 226 g/mol. The third kappa shape index (κ3) is 6.17. The van der Waals surface area contributed by atoms with E-state index in [1.807, 2.05) is 6.92 Å². The third-order valence-electron chi connectivity index (χ3n) is 4.28. The summed E-state index contributed by atoms with van der Waals surface area (Å²) in [6.45, 7) is 5.49. The highest BCUT2D eigenvalue weighted by Crippen LogP contribution is 2.25. The molecule has 0 radical (unpaired) electrons. The fourth-order valence-corrected chi connectivity index (χ4v) is 2.77. The zero-order chi connectivity index (χ0) is 13.4. The number of hydrogen-bond acceptors (Lipinski definition) is 3. The third-order valence-corrected chi connectivity index (χ3v) is 4.28. The van der Waals surface area contributed by atoms with Crippen LogP contribution in [0.25, 0.3) is 0 Å². The van der Waals surface area contributed by atoms with Gasteiger partial charge in [-0.25, -0.2) is 0 Å². The number of hydrogen-bond donors (Lipinski definition) is 2. The minimum absolute atomic E-state index is 0.593. The molecule has 0 amide bonds. The zero-order valence-electron chi connectivity index (χ0n) is 12.4. The fourth-order valence-electron chi connectivity index (χ4n) is 2.77. The molecular formula is C15H31NO2. The van der Waals surface area contributed by atoms with E-state index in [1.54, 1.807) is 7.11 Å². The van der Waals surface area contributed by atoms with Crippen molar-refractivity contribution >= 4 is 0 Å². The van der Waals surface area contributed by atoms with E-state index in [0.717, 1.165) is 5.92 Å². The molecule has 3 nitrogen and oxygen atoms in total. The lowest BCUT2D eigenvalue weighted by Crippen LogP contribution is -2.43. The predicted octanol–water partition coefficient (Wildman–Crippen LogP) is 2.72. The average Bonchev–Trinajstić information content (AvgIpc) is 2.59. The van der Waals surface area contributed by atoms with Gasteiger partial charge in [0.2, 0.25) is 0 Å². The Morgan fingerprint density at radius 1 is 1.28 bits per heavy atom. The van der Waals surface area contributed by atoms with Crippen molar-refractivity contribution < 1.29 is 9.84 Å². The van der Waals surface area contributed by atoms with Crippen LogP contribution in [0, 0.1) is 5.92 Å². The van der Waals surface area contributed by atoms with E-state index in [1.165, 1.54) is 38.5 Å². The highest BCUT2D eigenvalue weighted by molar-refractivity contribution is 4.80. The van der Waals surface area contributed by atoms with E-state index in [-0.39, 0.29) is 0 Å². The molecule has 3 unspecified atom stereocenters. The van der Waals surface area contributed by atoms with E-state index >= 15 is 0 Å². The molecule has 0 aromatic heterocycles. The van der Waals surface area contributed by atoms with E-state index < -0.39 is 5.60 Å². The van der Waals surface area contributed by atoms with Gasteiger partial charge in [0.25, 0.3) is 0 Å². The van der Waals surface area contributed by atoms with E-state index in [2.05, 4.69) is 12.2 Å². The van der Waals surface area contributed by atoms with Gasteiger partial charge in [-0.2, -0.15) is 0 Å². The molecule has 3 atom stereocenters. The Morgan fingerprint density at radius 3 is 2.72 bits per heavy atom. The molecule has 1 rings (SSSR count). The number of nitrogens with one attached hydrogen (secondary N) is 1. The highest BCUT2D eigenvalue weighted by atomic mass is 16.5. The smallest absolute Gasteiger partial charge is 0.0765 e. The van der Waals surface area contributed by atoms with Crippen molar-refractivity contribution in [2.24, 2.45) is 5.92 Å². The summed E-state index contributed by atoms with van der Waals surface area (Å²) in [5, 5.41) is 13.8.